The van der Waals surface area contributed by atoms with Gasteiger partial charge in [0.15, 0.2) is 0 Å². The van der Waals surface area contributed by atoms with Gasteiger partial charge in [0.25, 0.3) is 0 Å². The molecule has 0 spiro atoms. The first-order chi connectivity index (χ1) is 15.3. The number of carbonyl (C=O) groups is 1. The zero-order chi connectivity index (χ0) is 24.4. The van der Waals surface area contributed by atoms with Crippen molar-refractivity contribution in [3.05, 3.63) is 47.1 Å². The van der Waals surface area contributed by atoms with Crippen LogP contribution in [0.1, 0.15) is 12.5 Å². The number of hydrogen-bond donors (Lipinski definition) is 1. The number of rotatable bonds is 5. The molecule has 1 aliphatic rings. The van der Waals surface area contributed by atoms with Crippen LogP contribution in [0.2, 0.25) is 5.02 Å². The Balaban J connectivity index is 1.54. The molecule has 0 radical (unpaired) electrons. The van der Waals surface area contributed by atoms with E-state index in [1.54, 1.807) is 11.8 Å². The van der Waals surface area contributed by atoms with Gasteiger partial charge in [0.05, 0.1) is 16.6 Å². The molecule has 2 aromatic rings. The van der Waals surface area contributed by atoms with Gasteiger partial charge in [-0.1, -0.05) is 11.6 Å². The first-order valence-corrected chi connectivity index (χ1v) is 10.1. The summed E-state index contributed by atoms with van der Waals surface area (Å²) in [6.45, 7) is 3.30. The molecule has 1 amide bonds. The Morgan fingerprint density at radius 1 is 1.09 bits per heavy atom. The average molecular weight is 497 g/mol. The van der Waals surface area contributed by atoms with Crippen molar-refractivity contribution < 1.29 is 35.9 Å². The Labute approximate surface area is 190 Å². The van der Waals surface area contributed by atoms with Crippen LogP contribution in [-0.4, -0.2) is 54.4 Å². The third-order valence-electron chi connectivity index (χ3n) is 5.05. The zero-order valence-electron chi connectivity index (χ0n) is 17.2. The van der Waals surface area contributed by atoms with E-state index in [0.29, 0.717) is 31.9 Å². The molecule has 1 fully saturated rings. The van der Waals surface area contributed by atoms with E-state index in [4.69, 9.17) is 11.6 Å². The lowest BCUT2D eigenvalue weighted by molar-refractivity contribution is -0.274. The number of carbonyl (C=O) groups excluding carboxylic acids is 1. The summed E-state index contributed by atoms with van der Waals surface area (Å²) in [5, 5.41) is 2.52. The monoisotopic (exact) mass is 496 g/mol. The Hall–Kier alpha value is -2.73. The molecular formula is C20H19ClF6N4O2. The summed E-state index contributed by atoms with van der Waals surface area (Å²) in [5.74, 6) is -0.526. The van der Waals surface area contributed by atoms with Crippen LogP contribution in [0.15, 0.2) is 36.5 Å². The molecule has 3 rings (SSSR count). The number of piperazine rings is 1. The lowest BCUT2D eigenvalue weighted by Gasteiger charge is -2.38. The van der Waals surface area contributed by atoms with Crippen LogP contribution in [0.4, 0.5) is 37.8 Å². The van der Waals surface area contributed by atoms with E-state index >= 15 is 0 Å². The van der Waals surface area contributed by atoms with Gasteiger partial charge < -0.3 is 15.0 Å². The number of benzene rings is 1. The normalized spacial score (nSPS) is 16.4. The minimum absolute atomic E-state index is 0.109. The molecule has 1 N–H and O–H groups in total. The standard InChI is InChI=1S/C20H19ClF6N4O2/c1-12(18(32)29-14-2-4-15(5-3-14)33-20(25,26)27)30-6-8-31(9-7-30)17-16(21)10-13(11-28-17)19(22,23)24/h2-5,10-12H,6-9H2,1H3,(H,29,32). The summed E-state index contributed by atoms with van der Waals surface area (Å²) in [7, 11) is 0. The number of anilines is 2. The average Bonchev–Trinajstić information content (AvgIpc) is 2.73. The molecular weight excluding hydrogens is 478 g/mol. The minimum Gasteiger partial charge on any atom is -0.406 e. The molecule has 180 valence electrons. The fourth-order valence-corrected chi connectivity index (χ4v) is 3.58. The lowest BCUT2D eigenvalue weighted by Crippen LogP contribution is -2.53. The highest BCUT2D eigenvalue weighted by molar-refractivity contribution is 6.33. The predicted molar refractivity (Wildman–Crippen MR) is 109 cm³/mol. The van der Waals surface area contributed by atoms with Crippen LogP contribution >= 0.6 is 11.6 Å². The summed E-state index contributed by atoms with van der Waals surface area (Å²) in [4.78, 5) is 20.0. The van der Waals surface area contributed by atoms with Crippen molar-refractivity contribution in [2.24, 2.45) is 0 Å². The Morgan fingerprint density at radius 2 is 1.70 bits per heavy atom. The van der Waals surface area contributed by atoms with Gasteiger partial charge in [-0.2, -0.15) is 13.2 Å². The van der Waals surface area contributed by atoms with Crippen molar-refractivity contribution in [2.75, 3.05) is 36.4 Å². The summed E-state index contributed by atoms with van der Waals surface area (Å²) in [5.41, 5.74) is -0.626. The highest BCUT2D eigenvalue weighted by Gasteiger charge is 2.33. The van der Waals surface area contributed by atoms with Crippen molar-refractivity contribution in [3.8, 4) is 5.75 Å². The summed E-state index contributed by atoms with van der Waals surface area (Å²) in [6.07, 6.45) is -8.61. The van der Waals surface area contributed by atoms with E-state index < -0.39 is 29.9 Å². The van der Waals surface area contributed by atoms with Crippen molar-refractivity contribution >= 4 is 29.0 Å². The van der Waals surface area contributed by atoms with Gasteiger partial charge in [0.1, 0.15) is 11.6 Å². The second kappa shape index (κ2) is 9.64. The number of halogens is 7. The summed E-state index contributed by atoms with van der Waals surface area (Å²) >= 11 is 6.00. The number of nitrogens with one attached hydrogen (secondary N) is 1. The maximum absolute atomic E-state index is 12.8. The number of amides is 1. The molecule has 0 saturated carbocycles. The van der Waals surface area contributed by atoms with Crippen LogP contribution in [0.3, 0.4) is 0 Å². The third-order valence-corrected chi connectivity index (χ3v) is 5.32. The minimum atomic E-state index is -4.80. The van der Waals surface area contributed by atoms with Gasteiger partial charge in [0.2, 0.25) is 5.91 Å². The molecule has 13 heteroatoms. The Bertz CT molecular complexity index is 976. The van der Waals surface area contributed by atoms with E-state index in [9.17, 15) is 31.1 Å². The zero-order valence-corrected chi connectivity index (χ0v) is 17.9. The third kappa shape index (κ3) is 6.64. The Kier molecular flexibility index (Phi) is 7.27. The maximum Gasteiger partial charge on any atom is 0.573 e. The number of hydrogen-bond acceptors (Lipinski definition) is 5. The molecule has 0 aliphatic carbocycles. The number of aromatic nitrogens is 1. The largest absolute Gasteiger partial charge is 0.573 e. The van der Waals surface area contributed by atoms with Gasteiger partial charge >= 0.3 is 12.5 Å². The lowest BCUT2D eigenvalue weighted by atomic mass is 10.2. The van der Waals surface area contributed by atoms with Crippen LogP contribution < -0.4 is 15.0 Å². The first-order valence-electron chi connectivity index (χ1n) is 9.72. The van der Waals surface area contributed by atoms with Gasteiger partial charge in [-0.15, -0.1) is 13.2 Å². The summed E-state index contributed by atoms with van der Waals surface area (Å²) in [6, 6.07) is 5.04. The number of ether oxygens (including phenoxy) is 1. The summed E-state index contributed by atoms with van der Waals surface area (Å²) < 4.78 is 78.8. The van der Waals surface area contributed by atoms with E-state index in [1.165, 1.54) is 12.1 Å². The van der Waals surface area contributed by atoms with Gasteiger partial charge in [-0.3, -0.25) is 9.69 Å². The number of pyridine rings is 1. The second-order valence-corrected chi connectivity index (χ2v) is 7.69. The van der Waals surface area contributed by atoms with E-state index in [0.717, 1.165) is 24.4 Å². The molecule has 1 atom stereocenters. The molecule has 0 bridgehead atoms. The fourth-order valence-electron chi connectivity index (χ4n) is 3.29. The first kappa shape index (κ1) is 24.9. The molecule has 2 heterocycles. The maximum atomic E-state index is 12.8. The molecule has 1 aromatic carbocycles. The molecule has 1 aliphatic heterocycles. The number of nitrogens with zero attached hydrogens (tertiary/aromatic N) is 3. The van der Waals surface area contributed by atoms with E-state index in [1.807, 2.05) is 4.90 Å². The van der Waals surface area contributed by atoms with E-state index in [-0.39, 0.29) is 16.7 Å². The van der Waals surface area contributed by atoms with Gasteiger partial charge in [-0.05, 0) is 37.3 Å². The van der Waals surface area contributed by atoms with Crippen molar-refractivity contribution in [2.45, 2.75) is 25.5 Å². The molecule has 1 unspecified atom stereocenters. The number of alkyl halides is 6. The quantitative estimate of drug-likeness (QED) is 0.603. The fraction of sp³-hybridized carbons (Fsp3) is 0.400. The molecule has 6 nitrogen and oxygen atoms in total. The van der Waals surface area contributed by atoms with Crippen molar-refractivity contribution in [1.29, 1.82) is 0 Å². The van der Waals surface area contributed by atoms with Crippen molar-refractivity contribution in [3.63, 3.8) is 0 Å². The molecule has 1 saturated heterocycles. The van der Waals surface area contributed by atoms with Crippen LogP contribution in [0.25, 0.3) is 0 Å². The molecule has 33 heavy (non-hydrogen) atoms. The SMILES string of the molecule is CC(C(=O)Nc1ccc(OC(F)(F)F)cc1)N1CCN(c2ncc(C(F)(F)F)cc2Cl)CC1. The van der Waals surface area contributed by atoms with Gasteiger partial charge in [-0.25, -0.2) is 4.98 Å². The van der Waals surface area contributed by atoms with Crippen LogP contribution in [0, 0.1) is 0 Å². The Morgan fingerprint density at radius 3 is 2.21 bits per heavy atom. The smallest absolute Gasteiger partial charge is 0.406 e. The van der Waals surface area contributed by atoms with Crippen LogP contribution in [-0.2, 0) is 11.0 Å². The van der Waals surface area contributed by atoms with Crippen LogP contribution in [0.5, 0.6) is 5.75 Å². The second-order valence-electron chi connectivity index (χ2n) is 7.29. The highest BCUT2D eigenvalue weighted by Crippen LogP contribution is 2.34. The highest BCUT2D eigenvalue weighted by atomic mass is 35.5. The molecule has 1 aromatic heterocycles. The topological polar surface area (TPSA) is 57.7 Å². The van der Waals surface area contributed by atoms with Crippen molar-refractivity contribution in [1.82, 2.24) is 9.88 Å². The van der Waals surface area contributed by atoms with E-state index in [2.05, 4.69) is 15.0 Å². The predicted octanol–water partition coefficient (Wildman–Crippen LogP) is 4.80. The van der Waals surface area contributed by atoms with Gasteiger partial charge in [0, 0.05) is 38.1 Å².